The summed E-state index contributed by atoms with van der Waals surface area (Å²) in [5.74, 6) is 0.329. The molecule has 23 heavy (non-hydrogen) atoms. The molecule has 0 aromatic heterocycles. The van der Waals surface area contributed by atoms with Gasteiger partial charge in [0.05, 0.1) is 19.2 Å². The van der Waals surface area contributed by atoms with E-state index >= 15 is 0 Å². The molecule has 0 fully saturated rings. The van der Waals surface area contributed by atoms with Crippen molar-refractivity contribution in [2.75, 3.05) is 33.8 Å². The fourth-order valence-electron chi connectivity index (χ4n) is 2.33. The Labute approximate surface area is 136 Å². The van der Waals surface area contributed by atoms with Crippen molar-refractivity contribution in [3.8, 4) is 5.75 Å². The molecule has 1 atom stereocenters. The molecule has 1 aromatic carbocycles. The van der Waals surface area contributed by atoms with Crippen LogP contribution >= 0.6 is 0 Å². The van der Waals surface area contributed by atoms with Gasteiger partial charge in [0, 0.05) is 24.6 Å². The molecule has 1 unspecified atom stereocenters. The maximum atomic E-state index is 12.0. The summed E-state index contributed by atoms with van der Waals surface area (Å²) in [7, 11) is 3.84. The van der Waals surface area contributed by atoms with Gasteiger partial charge in [0.1, 0.15) is 5.75 Å². The van der Waals surface area contributed by atoms with Gasteiger partial charge >= 0.3 is 0 Å². The molecule has 1 aliphatic heterocycles. The van der Waals surface area contributed by atoms with Gasteiger partial charge in [-0.3, -0.25) is 9.59 Å². The lowest BCUT2D eigenvalue weighted by molar-refractivity contribution is -0.124. The first-order valence-corrected chi connectivity index (χ1v) is 7.66. The Kier molecular flexibility index (Phi) is 6.17. The highest BCUT2D eigenvalue weighted by Crippen LogP contribution is 2.31. The number of likely N-dealkylation sites (N-methyl/N-ethyl adjacent to an activating group) is 1. The number of benzene rings is 1. The first-order valence-electron chi connectivity index (χ1n) is 7.66. The molecule has 2 rings (SSSR count). The van der Waals surface area contributed by atoms with E-state index in [0.29, 0.717) is 13.2 Å². The van der Waals surface area contributed by atoms with Crippen LogP contribution in [0.5, 0.6) is 5.75 Å². The highest BCUT2D eigenvalue weighted by Gasteiger charge is 2.22. The molecule has 0 bridgehead atoms. The molecule has 2 amide bonds. The largest absolute Gasteiger partial charge is 0.493 e. The number of hydrogen-bond acceptors (Lipinski definition) is 4. The van der Waals surface area contributed by atoms with Gasteiger partial charge in [-0.2, -0.15) is 0 Å². The molecule has 1 aromatic rings. The number of amides is 2. The quantitative estimate of drug-likeness (QED) is 0.764. The zero-order chi connectivity index (χ0) is 16.7. The van der Waals surface area contributed by atoms with Crippen LogP contribution in [0.25, 0.3) is 0 Å². The number of rotatable bonds is 6. The van der Waals surface area contributed by atoms with Crippen LogP contribution in [0.2, 0.25) is 0 Å². The number of hydrogen-bond donors (Lipinski definition) is 2. The van der Waals surface area contributed by atoms with Crippen molar-refractivity contribution in [1.29, 1.82) is 0 Å². The number of nitrogens with zero attached hydrogens (tertiary/aromatic N) is 1. The van der Waals surface area contributed by atoms with E-state index in [4.69, 9.17) is 4.74 Å². The summed E-state index contributed by atoms with van der Waals surface area (Å²) in [6.45, 7) is 1.21. The van der Waals surface area contributed by atoms with Crippen molar-refractivity contribution in [2.24, 2.45) is 0 Å². The summed E-state index contributed by atoms with van der Waals surface area (Å²) in [5, 5.41) is 5.52. The summed E-state index contributed by atoms with van der Waals surface area (Å²) in [4.78, 5) is 25.6. The van der Waals surface area contributed by atoms with Crippen molar-refractivity contribution in [3.63, 3.8) is 0 Å². The first-order chi connectivity index (χ1) is 11.1. The molecule has 1 aliphatic rings. The lowest BCUT2D eigenvalue weighted by Gasteiger charge is -2.26. The molecule has 0 saturated heterocycles. The Hall–Kier alpha value is -2.34. The predicted molar refractivity (Wildman–Crippen MR) is 88.1 cm³/mol. The normalized spacial score (nSPS) is 16.7. The van der Waals surface area contributed by atoms with E-state index in [9.17, 15) is 9.59 Å². The summed E-state index contributed by atoms with van der Waals surface area (Å²) in [5.41, 5.74) is 0.976. The molecular weight excluding hydrogens is 294 g/mol. The first kappa shape index (κ1) is 17.0. The number of carbonyl (C=O) groups is 2. The van der Waals surface area contributed by atoms with E-state index < -0.39 is 0 Å². The average molecular weight is 317 g/mol. The van der Waals surface area contributed by atoms with Crippen LogP contribution in [-0.4, -0.2) is 50.5 Å². The standard InChI is InChI=1S/C17H23N3O3/c1-20(2)10-5-8-16(21)18-12-17(22)19-14-9-11-23-15-7-4-3-6-13(14)15/h3-8,14H,9-12H2,1-2H3,(H,18,21)(H,19,22)/b8-5+. The number of carbonyl (C=O) groups excluding carboxylic acids is 2. The topological polar surface area (TPSA) is 70.7 Å². The average Bonchev–Trinajstić information content (AvgIpc) is 2.53. The second kappa shape index (κ2) is 8.33. The molecule has 2 N–H and O–H groups in total. The number of para-hydroxylation sites is 1. The zero-order valence-corrected chi connectivity index (χ0v) is 13.5. The molecule has 0 radical (unpaired) electrons. The summed E-state index contributed by atoms with van der Waals surface area (Å²) >= 11 is 0. The molecule has 1 heterocycles. The number of nitrogens with one attached hydrogen (secondary N) is 2. The number of ether oxygens (including phenoxy) is 1. The Morgan fingerprint density at radius 1 is 1.35 bits per heavy atom. The maximum absolute atomic E-state index is 12.0. The smallest absolute Gasteiger partial charge is 0.244 e. The monoisotopic (exact) mass is 317 g/mol. The molecule has 0 aliphatic carbocycles. The van der Waals surface area contributed by atoms with E-state index in [1.54, 1.807) is 6.08 Å². The van der Waals surface area contributed by atoms with Crippen LogP contribution in [0.4, 0.5) is 0 Å². The number of fused-ring (bicyclic) bond motifs is 1. The Bertz CT molecular complexity index is 584. The third-order valence-corrected chi connectivity index (χ3v) is 3.46. The van der Waals surface area contributed by atoms with Crippen LogP contribution < -0.4 is 15.4 Å². The Morgan fingerprint density at radius 3 is 2.91 bits per heavy atom. The highest BCUT2D eigenvalue weighted by molar-refractivity contribution is 5.91. The third-order valence-electron chi connectivity index (χ3n) is 3.46. The van der Waals surface area contributed by atoms with Crippen LogP contribution in [0, 0.1) is 0 Å². The van der Waals surface area contributed by atoms with Crippen LogP contribution in [0.1, 0.15) is 18.0 Å². The molecular formula is C17H23N3O3. The second-order valence-corrected chi connectivity index (χ2v) is 5.68. The van der Waals surface area contributed by atoms with E-state index in [-0.39, 0.29) is 24.4 Å². The molecule has 0 saturated carbocycles. The minimum absolute atomic E-state index is 0.0370. The van der Waals surface area contributed by atoms with Crippen LogP contribution in [0.15, 0.2) is 36.4 Å². The van der Waals surface area contributed by atoms with E-state index in [1.165, 1.54) is 6.08 Å². The third kappa shape index (κ3) is 5.41. The van der Waals surface area contributed by atoms with Crippen molar-refractivity contribution in [3.05, 3.63) is 42.0 Å². The lowest BCUT2D eigenvalue weighted by atomic mass is 10.0. The van der Waals surface area contributed by atoms with Gasteiger partial charge in [-0.05, 0) is 20.2 Å². The molecule has 0 spiro atoms. The van der Waals surface area contributed by atoms with Crippen molar-refractivity contribution >= 4 is 11.8 Å². The van der Waals surface area contributed by atoms with Crippen molar-refractivity contribution in [1.82, 2.24) is 15.5 Å². The minimum Gasteiger partial charge on any atom is -0.493 e. The van der Waals surface area contributed by atoms with E-state index in [2.05, 4.69) is 10.6 Å². The fraction of sp³-hybridized carbons (Fsp3) is 0.412. The van der Waals surface area contributed by atoms with Gasteiger partial charge in [0.25, 0.3) is 0 Å². The Morgan fingerprint density at radius 2 is 2.13 bits per heavy atom. The minimum atomic E-state index is -0.269. The van der Waals surface area contributed by atoms with Gasteiger partial charge in [-0.15, -0.1) is 0 Å². The van der Waals surface area contributed by atoms with Gasteiger partial charge < -0.3 is 20.3 Å². The predicted octanol–water partition coefficient (Wildman–Crippen LogP) is 0.860. The van der Waals surface area contributed by atoms with Crippen molar-refractivity contribution in [2.45, 2.75) is 12.5 Å². The summed E-state index contributed by atoms with van der Waals surface area (Å²) < 4.78 is 5.56. The van der Waals surface area contributed by atoms with E-state index in [1.807, 2.05) is 43.3 Å². The fourth-order valence-corrected chi connectivity index (χ4v) is 2.33. The van der Waals surface area contributed by atoms with Crippen LogP contribution in [-0.2, 0) is 9.59 Å². The van der Waals surface area contributed by atoms with Gasteiger partial charge in [-0.25, -0.2) is 0 Å². The van der Waals surface area contributed by atoms with Gasteiger partial charge in [0.2, 0.25) is 11.8 Å². The Balaban J connectivity index is 1.80. The SMILES string of the molecule is CN(C)C/C=C/C(=O)NCC(=O)NC1CCOc2ccccc21. The highest BCUT2D eigenvalue weighted by atomic mass is 16.5. The zero-order valence-electron chi connectivity index (χ0n) is 13.5. The summed E-state index contributed by atoms with van der Waals surface area (Å²) in [6.07, 6.45) is 3.92. The maximum Gasteiger partial charge on any atom is 0.244 e. The lowest BCUT2D eigenvalue weighted by Crippen LogP contribution is -2.39. The summed E-state index contributed by atoms with van der Waals surface area (Å²) in [6, 6.07) is 7.59. The molecule has 6 nitrogen and oxygen atoms in total. The van der Waals surface area contributed by atoms with Gasteiger partial charge in [0.15, 0.2) is 0 Å². The molecule has 124 valence electrons. The molecule has 6 heteroatoms. The van der Waals surface area contributed by atoms with Crippen LogP contribution in [0.3, 0.4) is 0 Å². The van der Waals surface area contributed by atoms with Gasteiger partial charge in [-0.1, -0.05) is 24.3 Å². The second-order valence-electron chi connectivity index (χ2n) is 5.68. The van der Waals surface area contributed by atoms with Crippen molar-refractivity contribution < 1.29 is 14.3 Å². The van der Waals surface area contributed by atoms with E-state index in [0.717, 1.165) is 17.7 Å².